The highest BCUT2D eigenvalue weighted by Gasteiger charge is 2.17. The molecule has 0 amide bonds. The average Bonchev–Trinajstić information content (AvgIpc) is 3.05. The van der Waals surface area contributed by atoms with Crippen LogP contribution in [0.3, 0.4) is 0 Å². The first-order valence-electron chi connectivity index (χ1n) is 8.51. The number of nitrogens with one attached hydrogen (secondary N) is 1. The molecule has 4 rings (SSSR count). The zero-order valence-corrected chi connectivity index (χ0v) is 15.6. The molecule has 1 aromatic heterocycles. The van der Waals surface area contributed by atoms with E-state index >= 15 is 0 Å². The summed E-state index contributed by atoms with van der Waals surface area (Å²) in [4.78, 5) is 6.97. The highest BCUT2D eigenvalue weighted by molar-refractivity contribution is 6.35. The van der Waals surface area contributed by atoms with Crippen molar-refractivity contribution in [1.82, 2.24) is 14.9 Å². The Morgan fingerprint density at radius 3 is 2.64 bits per heavy atom. The van der Waals surface area contributed by atoms with Crippen LogP contribution < -0.4 is 10.2 Å². The normalized spacial score (nSPS) is 16.4. The molecule has 1 fully saturated rings. The van der Waals surface area contributed by atoms with Crippen LogP contribution >= 0.6 is 23.2 Å². The summed E-state index contributed by atoms with van der Waals surface area (Å²) in [6.07, 6.45) is 1.89. The lowest BCUT2D eigenvalue weighted by atomic mass is 10.1. The molecule has 0 bridgehead atoms. The molecule has 25 heavy (non-hydrogen) atoms. The van der Waals surface area contributed by atoms with Crippen molar-refractivity contribution < 1.29 is 0 Å². The summed E-state index contributed by atoms with van der Waals surface area (Å²) in [6.45, 7) is 6.23. The predicted octanol–water partition coefficient (Wildman–Crippen LogP) is 4.36. The maximum atomic E-state index is 6.41. The summed E-state index contributed by atoms with van der Waals surface area (Å²) >= 11 is 12.4. The standard InChI is InChI=1S/C19H20Cl2N4/c1-13(16-4-2-14(20)10-17(16)21)25-12-23-18-5-3-15(11-19(18)25)24-8-6-22-7-9-24/h2-5,10-13,22H,6-9H2,1H3. The lowest BCUT2D eigenvalue weighted by Crippen LogP contribution is -2.43. The van der Waals surface area contributed by atoms with Crippen LogP contribution in [-0.2, 0) is 0 Å². The van der Waals surface area contributed by atoms with E-state index in [0.29, 0.717) is 10.0 Å². The molecular formula is C19H20Cl2N4. The Balaban J connectivity index is 1.73. The second kappa shape index (κ2) is 6.87. The number of nitrogens with zero attached hydrogens (tertiary/aromatic N) is 3. The Bertz CT molecular complexity index is 900. The van der Waals surface area contributed by atoms with Crippen LogP contribution in [0.2, 0.25) is 10.0 Å². The van der Waals surface area contributed by atoms with Gasteiger partial charge in [-0.15, -0.1) is 0 Å². The summed E-state index contributed by atoms with van der Waals surface area (Å²) in [5.74, 6) is 0. The lowest BCUT2D eigenvalue weighted by molar-refractivity contribution is 0.589. The van der Waals surface area contributed by atoms with Crippen LogP contribution in [0.5, 0.6) is 0 Å². The van der Waals surface area contributed by atoms with E-state index in [-0.39, 0.29) is 6.04 Å². The van der Waals surface area contributed by atoms with Gasteiger partial charge in [0.15, 0.2) is 0 Å². The first-order chi connectivity index (χ1) is 12.1. The predicted molar refractivity (Wildman–Crippen MR) is 105 cm³/mol. The number of aromatic nitrogens is 2. The molecular weight excluding hydrogens is 355 g/mol. The van der Waals surface area contributed by atoms with Crippen molar-refractivity contribution in [1.29, 1.82) is 0 Å². The minimum Gasteiger partial charge on any atom is -0.369 e. The highest BCUT2D eigenvalue weighted by Crippen LogP contribution is 2.31. The summed E-state index contributed by atoms with van der Waals surface area (Å²) in [7, 11) is 0. The lowest BCUT2D eigenvalue weighted by Gasteiger charge is -2.29. The number of imidazole rings is 1. The molecule has 0 radical (unpaired) electrons. The van der Waals surface area contributed by atoms with Gasteiger partial charge in [0.25, 0.3) is 0 Å². The van der Waals surface area contributed by atoms with Gasteiger partial charge in [0.1, 0.15) is 0 Å². The first kappa shape index (κ1) is 16.7. The van der Waals surface area contributed by atoms with E-state index in [1.165, 1.54) is 5.69 Å². The van der Waals surface area contributed by atoms with Crippen LogP contribution in [0.25, 0.3) is 11.0 Å². The molecule has 1 saturated heterocycles. The smallest absolute Gasteiger partial charge is 0.0964 e. The molecule has 130 valence electrons. The molecule has 0 spiro atoms. The molecule has 4 nitrogen and oxygen atoms in total. The third kappa shape index (κ3) is 3.22. The molecule has 1 N–H and O–H groups in total. The van der Waals surface area contributed by atoms with E-state index in [4.69, 9.17) is 23.2 Å². The Hall–Kier alpha value is -1.75. The van der Waals surface area contributed by atoms with Crippen molar-refractivity contribution in [2.24, 2.45) is 0 Å². The van der Waals surface area contributed by atoms with Crippen LogP contribution in [0, 0.1) is 0 Å². The summed E-state index contributed by atoms with van der Waals surface area (Å²) in [6, 6.07) is 12.2. The minimum atomic E-state index is 0.0769. The first-order valence-corrected chi connectivity index (χ1v) is 9.26. The number of benzene rings is 2. The van der Waals surface area contributed by atoms with Gasteiger partial charge < -0.3 is 14.8 Å². The monoisotopic (exact) mass is 374 g/mol. The number of fused-ring (bicyclic) bond motifs is 1. The fourth-order valence-corrected chi connectivity index (χ4v) is 4.00. The maximum Gasteiger partial charge on any atom is 0.0964 e. The van der Waals surface area contributed by atoms with Crippen molar-refractivity contribution in [3.63, 3.8) is 0 Å². The van der Waals surface area contributed by atoms with E-state index < -0.39 is 0 Å². The number of rotatable bonds is 3. The van der Waals surface area contributed by atoms with Crippen LogP contribution in [0.15, 0.2) is 42.7 Å². The second-order valence-corrected chi connectivity index (χ2v) is 7.25. The SMILES string of the molecule is CC(c1ccc(Cl)cc1Cl)n1cnc2ccc(N3CCNCC3)cc21. The van der Waals surface area contributed by atoms with Gasteiger partial charge in [0.05, 0.1) is 23.4 Å². The number of hydrogen-bond acceptors (Lipinski definition) is 3. The Morgan fingerprint density at radius 1 is 1.08 bits per heavy atom. The second-order valence-electron chi connectivity index (χ2n) is 6.40. The summed E-state index contributed by atoms with van der Waals surface area (Å²) in [5.41, 5.74) is 4.40. The Labute approximate surface area is 157 Å². The molecule has 1 unspecified atom stereocenters. The number of piperazine rings is 1. The summed E-state index contributed by atoms with van der Waals surface area (Å²) < 4.78 is 2.18. The van der Waals surface area contributed by atoms with E-state index in [0.717, 1.165) is 42.8 Å². The zero-order valence-electron chi connectivity index (χ0n) is 14.0. The number of hydrogen-bond donors (Lipinski definition) is 1. The van der Waals surface area contributed by atoms with E-state index in [1.54, 1.807) is 6.07 Å². The molecule has 1 aliphatic rings. The van der Waals surface area contributed by atoms with Gasteiger partial charge in [-0.2, -0.15) is 0 Å². The van der Waals surface area contributed by atoms with Gasteiger partial charge in [-0.3, -0.25) is 0 Å². The number of anilines is 1. The maximum absolute atomic E-state index is 6.41. The molecule has 3 aromatic rings. The van der Waals surface area contributed by atoms with E-state index in [9.17, 15) is 0 Å². The Morgan fingerprint density at radius 2 is 1.88 bits per heavy atom. The molecule has 2 heterocycles. The van der Waals surface area contributed by atoms with Crippen LogP contribution in [0.1, 0.15) is 18.5 Å². The van der Waals surface area contributed by atoms with Gasteiger partial charge in [0, 0.05) is 41.9 Å². The summed E-state index contributed by atoms with van der Waals surface area (Å²) in [5, 5.41) is 4.72. The van der Waals surface area contributed by atoms with Crippen LogP contribution in [-0.4, -0.2) is 35.7 Å². The van der Waals surface area contributed by atoms with Gasteiger partial charge in [-0.05, 0) is 42.8 Å². The third-order valence-electron chi connectivity index (χ3n) is 4.87. The van der Waals surface area contributed by atoms with Crippen molar-refractivity contribution in [3.05, 3.63) is 58.3 Å². The van der Waals surface area contributed by atoms with Gasteiger partial charge in [-0.1, -0.05) is 29.3 Å². The van der Waals surface area contributed by atoms with Crippen molar-refractivity contribution in [2.75, 3.05) is 31.1 Å². The van der Waals surface area contributed by atoms with Crippen LogP contribution in [0.4, 0.5) is 5.69 Å². The molecule has 0 saturated carbocycles. The van der Waals surface area contributed by atoms with Gasteiger partial charge in [0.2, 0.25) is 0 Å². The molecule has 1 atom stereocenters. The minimum absolute atomic E-state index is 0.0769. The molecule has 0 aliphatic carbocycles. The van der Waals surface area contributed by atoms with Crippen molar-refractivity contribution in [3.8, 4) is 0 Å². The molecule has 2 aromatic carbocycles. The fourth-order valence-electron chi connectivity index (χ4n) is 3.43. The average molecular weight is 375 g/mol. The Kier molecular flexibility index (Phi) is 4.59. The largest absolute Gasteiger partial charge is 0.369 e. The van der Waals surface area contributed by atoms with E-state index in [1.807, 2.05) is 18.5 Å². The quantitative estimate of drug-likeness (QED) is 0.738. The molecule has 1 aliphatic heterocycles. The topological polar surface area (TPSA) is 33.1 Å². The fraction of sp³-hybridized carbons (Fsp3) is 0.316. The van der Waals surface area contributed by atoms with Gasteiger partial charge in [-0.25, -0.2) is 4.98 Å². The van der Waals surface area contributed by atoms with Crippen molar-refractivity contribution in [2.45, 2.75) is 13.0 Å². The van der Waals surface area contributed by atoms with Crippen molar-refractivity contribution >= 4 is 39.9 Å². The van der Waals surface area contributed by atoms with E-state index in [2.05, 4.69) is 44.9 Å². The molecule has 6 heteroatoms. The highest BCUT2D eigenvalue weighted by atomic mass is 35.5. The third-order valence-corrected chi connectivity index (χ3v) is 5.43. The number of halogens is 2. The zero-order chi connectivity index (χ0) is 17.4. The van der Waals surface area contributed by atoms with Gasteiger partial charge >= 0.3 is 0 Å².